The largest absolute Gasteiger partial charge is 0.496 e. The predicted octanol–water partition coefficient (Wildman–Crippen LogP) is 3.13. The first-order chi connectivity index (χ1) is 10.5. The second-order valence-electron chi connectivity index (χ2n) is 5.65. The van der Waals surface area contributed by atoms with E-state index in [1.807, 2.05) is 45.0 Å². The van der Waals surface area contributed by atoms with Crippen LogP contribution in [0, 0.1) is 6.92 Å². The van der Waals surface area contributed by atoms with Crippen molar-refractivity contribution in [2.45, 2.75) is 26.7 Å². The summed E-state index contributed by atoms with van der Waals surface area (Å²) in [6, 6.07) is 9.34. The van der Waals surface area contributed by atoms with Crippen molar-refractivity contribution >= 4 is 5.65 Å². The van der Waals surface area contributed by atoms with Gasteiger partial charge in [-0.15, -0.1) is 0 Å². The molecule has 3 rings (SSSR count). The van der Waals surface area contributed by atoms with Gasteiger partial charge in [0, 0.05) is 17.3 Å². The molecule has 0 atom stereocenters. The summed E-state index contributed by atoms with van der Waals surface area (Å²) in [4.78, 5) is 17.0. The van der Waals surface area contributed by atoms with E-state index < -0.39 is 0 Å². The average Bonchev–Trinajstić information content (AvgIpc) is 2.83. The minimum atomic E-state index is -0.0991. The standard InChI is InChI=1S/C17H19N3O2/c1-10(2)13-9-15(21)20-17(18-13)16(11(3)19-20)12-7-5-6-8-14(12)22-4/h5-10,19H,1-4H3. The summed E-state index contributed by atoms with van der Waals surface area (Å²) < 4.78 is 6.94. The fraction of sp³-hybridized carbons (Fsp3) is 0.294. The van der Waals surface area contributed by atoms with Crippen LogP contribution in [0.1, 0.15) is 31.2 Å². The van der Waals surface area contributed by atoms with E-state index in [1.54, 1.807) is 13.2 Å². The van der Waals surface area contributed by atoms with Crippen LogP contribution < -0.4 is 10.3 Å². The maximum Gasteiger partial charge on any atom is 0.272 e. The van der Waals surface area contributed by atoms with Crippen molar-refractivity contribution in [1.82, 2.24) is 14.6 Å². The molecular formula is C17H19N3O2. The molecule has 0 unspecified atom stereocenters. The number of para-hydroxylation sites is 1. The molecule has 2 aromatic heterocycles. The van der Waals surface area contributed by atoms with Crippen molar-refractivity contribution in [3.63, 3.8) is 0 Å². The zero-order valence-electron chi connectivity index (χ0n) is 13.2. The number of benzene rings is 1. The number of aromatic amines is 1. The minimum Gasteiger partial charge on any atom is -0.496 e. The Morgan fingerprint density at radius 1 is 1.27 bits per heavy atom. The van der Waals surface area contributed by atoms with E-state index in [9.17, 15) is 4.79 Å². The fourth-order valence-electron chi connectivity index (χ4n) is 2.64. The maximum atomic E-state index is 12.3. The van der Waals surface area contributed by atoms with Gasteiger partial charge in [-0.25, -0.2) is 9.50 Å². The van der Waals surface area contributed by atoms with Crippen LogP contribution in [-0.2, 0) is 0 Å². The van der Waals surface area contributed by atoms with Gasteiger partial charge in [-0.2, -0.15) is 0 Å². The molecule has 5 nitrogen and oxygen atoms in total. The van der Waals surface area contributed by atoms with Crippen molar-refractivity contribution < 1.29 is 4.74 Å². The van der Waals surface area contributed by atoms with Gasteiger partial charge in [0.15, 0.2) is 5.65 Å². The lowest BCUT2D eigenvalue weighted by molar-refractivity contribution is 0.416. The van der Waals surface area contributed by atoms with Gasteiger partial charge < -0.3 is 4.74 Å². The Morgan fingerprint density at radius 2 is 2.00 bits per heavy atom. The van der Waals surface area contributed by atoms with Crippen LogP contribution >= 0.6 is 0 Å². The Balaban J connectivity index is 2.39. The summed E-state index contributed by atoms with van der Waals surface area (Å²) in [7, 11) is 1.64. The highest BCUT2D eigenvalue weighted by molar-refractivity contribution is 5.83. The number of hydrogen-bond acceptors (Lipinski definition) is 3. The van der Waals surface area contributed by atoms with E-state index in [1.165, 1.54) is 4.52 Å². The fourth-order valence-corrected chi connectivity index (χ4v) is 2.64. The topological polar surface area (TPSA) is 59.4 Å². The maximum absolute atomic E-state index is 12.3. The Labute approximate surface area is 128 Å². The molecule has 0 radical (unpaired) electrons. The van der Waals surface area contributed by atoms with Gasteiger partial charge in [-0.05, 0) is 18.9 Å². The first-order valence-electron chi connectivity index (χ1n) is 7.28. The third kappa shape index (κ3) is 2.19. The molecule has 0 bridgehead atoms. The number of fused-ring (bicyclic) bond motifs is 1. The molecule has 0 amide bonds. The van der Waals surface area contributed by atoms with E-state index in [0.717, 1.165) is 28.3 Å². The Morgan fingerprint density at radius 3 is 2.68 bits per heavy atom. The Hall–Kier alpha value is -2.56. The van der Waals surface area contributed by atoms with Crippen molar-refractivity contribution in [2.24, 2.45) is 0 Å². The number of ether oxygens (including phenoxy) is 1. The first kappa shape index (κ1) is 14.4. The van der Waals surface area contributed by atoms with Crippen molar-refractivity contribution in [1.29, 1.82) is 0 Å². The van der Waals surface area contributed by atoms with E-state index in [-0.39, 0.29) is 11.5 Å². The molecule has 5 heteroatoms. The van der Waals surface area contributed by atoms with Gasteiger partial charge in [0.2, 0.25) is 0 Å². The van der Waals surface area contributed by atoms with Crippen molar-refractivity contribution in [3.8, 4) is 16.9 Å². The SMILES string of the molecule is COc1ccccc1-c1c(C)[nH]n2c(=O)cc(C(C)C)nc12. The van der Waals surface area contributed by atoms with E-state index in [4.69, 9.17) is 4.74 Å². The molecule has 1 N–H and O–H groups in total. The van der Waals surface area contributed by atoms with Crippen LogP contribution in [0.2, 0.25) is 0 Å². The molecule has 1 aromatic carbocycles. The van der Waals surface area contributed by atoms with E-state index in [2.05, 4.69) is 10.1 Å². The lowest BCUT2D eigenvalue weighted by atomic mass is 10.0. The monoisotopic (exact) mass is 297 g/mol. The van der Waals surface area contributed by atoms with E-state index in [0.29, 0.717) is 5.65 Å². The number of methoxy groups -OCH3 is 1. The minimum absolute atomic E-state index is 0.0991. The molecule has 0 spiro atoms. The molecule has 0 saturated heterocycles. The summed E-state index contributed by atoms with van der Waals surface area (Å²) >= 11 is 0. The molecular weight excluding hydrogens is 278 g/mol. The summed E-state index contributed by atoms with van der Waals surface area (Å²) in [6.07, 6.45) is 0. The van der Waals surface area contributed by atoms with Gasteiger partial charge >= 0.3 is 0 Å². The van der Waals surface area contributed by atoms with Gasteiger partial charge in [-0.1, -0.05) is 32.0 Å². The molecule has 0 fully saturated rings. The van der Waals surface area contributed by atoms with E-state index >= 15 is 0 Å². The summed E-state index contributed by atoms with van der Waals surface area (Å²) in [5.74, 6) is 0.953. The lowest BCUT2D eigenvalue weighted by Crippen LogP contribution is -2.16. The number of rotatable bonds is 3. The molecule has 3 aromatic rings. The molecule has 2 heterocycles. The van der Waals surface area contributed by atoms with Crippen LogP contribution in [0.15, 0.2) is 35.1 Å². The number of nitrogens with one attached hydrogen (secondary N) is 1. The highest BCUT2D eigenvalue weighted by Crippen LogP contribution is 2.34. The van der Waals surface area contributed by atoms with Crippen molar-refractivity contribution in [3.05, 3.63) is 52.1 Å². The van der Waals surface area contributed by atoms with Gasteiger partial charge in [-0.3, -0.25) is 9.89 Å². The van der Waals surface area contributed by atoms with Crippen LogP contribution in [0.4, 0.5) is 0 Å². The average molecular weight is 297 g/mol. The van der Waals surface area contributed by atoms with Crippen LogP contribution in [0.3, 0.4) is 0 Å². The third-order valence-corrected chi connectivity index (χ3v) is 3.78. The van der Waals surface area contributed by atoms with Crippen LogP contribution in [0.25, 0.3) is 16.8 Å². The molecule has 0 aliphatic rings. The molecule has 114 valence electrons. The smallest absolute Gasteiger partial charge is 0.272 e. The number of nitrogens with zero attached hydrogens (tertiary/aromatic N) is 2. The van der Waals surface area contributed by atoms with Gasteiger partial charge in [0.1, 0.15) is 5.75 Å². The number of aromatic nitrogens is 3. The van der Waals surface area contributed by atoms with Crippen LogP contribution in [-0.4, -0.2) is 21.7 Å². The molecule has 0 aliphatic carbocycles. The highest BCUT2D eigenvalue weighted by Gasteiger charge is 2.18. The second kappa shape index (κ2) is 5.33. The molecule has 0 aliphatic heterocycles. The molecule has 0 saturated carbocycles. The normalized spacial score (nSPS) is 11.3. The molecule has 22 heavy (non-hydrogen) atoms. The zero-order valence-corrected chi connectivity index (χ0v) is 13.2. The summed E-state index contributed by atoms with van der Waals surface area (Å²) in [6.45, 7) is 5.99. The third-order valence-electron chi connectivity index (χ3n) is 3.78. The predicted molar refractivity (Wildman–Crippen MR) is 86.6 cm³/mol. The highest BCUT2D eigenvalue weighted by atomic mass is 16.5. The number of hydrogen-bond donors (Lipinski definition) is 1. The zero-order chi connectivity index (χ0) is 15.9. The van der Waals surface area contributed by atoms with Crippen molar-refractivity contribution in [2.75, 3.05) is 7.11 Å². The Bertz CT molecular complexity index is 891. The quantitative estimate of drug-likeness (QED) is 0.808. The van der Waals surface area contributed by atoms with Gasteiger partial charge in [0.25, 0.3) is 5.56 Å². The Kier molecular flexibility index (Phi) is 3.48. The summed E-state index contributed by atoms with van der Waals surface area (Å²) in [5, 5.41) is 3.10. The lowest BCUT2D eigenvalue weighted by Gasteiger charge is -2.08. The number of aryl methyl sites for hydroxylation is 1. The second-order valence-corrected chi connectivity index (χ2v) is 5.65. The van der Waals surface area contributed by atoms with Gasteiger partial charge in [0.05, 0.1) is 18.4 Å². The van der Waals surface area contributed by atoms with Crippen LogP contribution in [0.5, 0.6) is 5.75 Å². The first-order valence-corrected chi connectivity index (χ1v) is 7.28. The number of H-pyrrole nitrogens is 1. The summed E-state index contributed by atoms with van der Waals surface area (Å²) in [5.41, 5.74) is 4.04.